The second-order valence-corrected chi connectivity index (χ2v) is 8.21. The zero-order valence-corrected chi connectivity index (χ0v) is 19.9. The van der Waals surface area contributed by atoms with Crippen molar-refractivity contribution in [3.8, 4) is 5.75 Å². The van der Waals surface area contributed by atoms with E-state index >= 15 is 0 Å². The average molecular weight is 501 g/mol. The number of ether oxygens (including phenoxy) is 2. The summed E-state index contributed by atoms with van der Waals surface area (Å²) in [4.78, 5) is 4.46. The van der Waals surface area contributed by atoms with Gasteiger partial charge in [-0.1, -0.05) is 31.0 Å². The van der Waals surface area contributed by atoms with Crippen molar-refractivity contribution < 1.29 is 9.47 Å². The van der Waals surface area contributed by atoms with Crippen LogP contribution < -0.4 is 15.4 Å². The summed E-state index contributed by atoms with van der Waals surface area (Å²) in [5, 5.41) is 7.16. The third kappa shape index (κ3) is 5.53. The minimum Gasteiger partial charge on any atom is -0.496 e. The molecule has 3 rings (SSSR count). The Bertz CT molecular complexity index is 640. The average Bonchev–Trinajstić information content (AvgIpc) is 3.36. The van der Waals surface area contributed by atoms with E-state index in [0.717, 1.165) is 37.8 Å². The molecule has 0 heterocycles. The van der Waals surface area contributed by atoms with Crippen molar-refractivity contribution >= 4 is 29.9 Å². The summed E-state index contributed by atoms with van der Waals surface area (Å²) in [7, 11) is 5.40. The fourth-order valence-corrected chi connectivity index (χ4v) is 4.48. The maximum absolute atomic E-state index is 5.59. The van der Waals surface area contributed by atoms with Crippen LogP contribution in [0.25, 0.3) is 0 Å². The van der Waals surface area contributed by atoms with Gasteiger partial charge in [0.25, 0.3) is 0 Å². The molecule has 0 unspecified atom stereocenters. The van der Waals surface area contributed by atoms with E-state index < -0.39 is 0 Å². The topological polar surface area (TPSA) is 54.9 Å². The van der Waals surface area contributed by atoms with Crippen molar-refractivity contribution in [1.82, 2.24) is 10.6 Å². The molecule has 28 heavy (non-hydrogen) atoms. The van der Waals surface area contributed by atoms with E-state index in [1.165, 1.54) is 44.1 Å². The Morgan fingerprint density at radius 2 is 1.71 bits per heavy atom. The molecule has 1 aromatic rings. The first-order chi connectivity index (χ1) is 13.2. The lowest BCUT2D eigenvalue weighted by molar-refractivity contribution is 0.138. The maximum atomic E-state index is 5.59. The number of aliphatic imine (C=N–C) groups is 1. The zero-order valence-electron chi connectivity index (χ0n) is 17.6. The SMILES string of the molecule is CN=C(NCC1(CCOC)CCCC1)NCC1(c2ccccc2OC)CC1.I. The zero-order chi connectivity index (χ0) is 19.2. The molecule has 0 radical (unpaired) electrons. The molecule has 0 bridgehead atoms. The van der Waals surface area contributed by atoms with E-state index in [0.29, 0.717) is 5.41 Å². The number of nitrogens with one attached hydrogen (secondary N) is 2. The van der Waals surface area contributed by atoms with Gasteiger partial charge in [0.1, 0.15) is 5.75 Å². The quantitative estimate of drug-likeness (QED) is 0.304. The summed E-state index contributed by atoms with van der Waals surface area (Å²) in [6, 6.07) is 8.39. The molecule has 0 aliphatic heterocycles. The first-order valence-corrected chi connectivity index (χ1v) is 10.2. The molecule has 2 saturated carbocycles. The molecular weight excluding hydrogens is 465 g/mol. The number of nitrogens with zero attached hydrogens (tertiary/aromatic N) is 1. The van der Waals surface area contributed by atoms with Gasteiger partial charge in [-0.15, -0.1) is 24.0 Å². The van der Waals surface area contributed by atoms with Crippen LogP contribution in [0.5, 0.6) is 5.75 Å². The molecule has 0 amide bonds. The standard InChI is InChI=1S/C22H35N3O2.HI/c1-23-20(24-16-21(14-15-26-2)10-6-7-11-21)25-17-22(12-13-22)18-8-4-5-9-19(18)27-3;/h4-5,8-9H,6-7,10-17H2,1-3H3,(H2,23,24,25);1H. The van der Waals surface area contributed by atoms with Crippen LogP contribution in [0.4, 0.5) is 0 Å². The largest absolute Gasteiger partial charge is 0.496 e. The number of halogens is 1. The molecule has 2 N–H and O–H groups in total. The number of hydrogen-bond acceptors (Lipinski definition) is 3. The summed E-state index contributed by atoms with van der Waals surface area (Å²) < 4.78 is 10.9. The molecule has 0 atom stereocenters. The summed E-state index contributed by atoms with van der Waals surface area (Å²) in [5.41, 5.74) is 1.83. The van der Waals surface area contributed by atoms with E-state index in [9.17, 15) is 0 Å². The van der Waals surface area contributed by atoms with Gasteiger partial charge in [0.15, 0.2) is 5.96 Å². The second-order valence-electron chi connectivity index (χ2n) is 8.21. The van der Waals surface area contributed by atoms with Gasteiger partial charge in [-0.05, 0) is 43.6 Å². The molecule has 0 saturated heterocycles. The van der Waals surface area contributed by atoms with Gasteiger partial charge in [0, 0.05) is 44.8 Å². The van der Waals surface area contributed by atoms with Gasteiger partial charge in [-0.25, -0.2) is 0 Å². The molecule has 1 aromatic carbocycles. The van der Waals surface area contributed by atoms with Gasteiger partial charge in [-0.2, -0.15) is 0 Å². The van der Waals surface area contributed by atoms with Crippen LogP contribution in [0.2, 0.25) is 0 Å². The third-order valence-electron chi connectivity index (χ3n) is 6.48. The Morgan fingerprint density at radius 3 is 2.32 bits per heavy atom. The lowest BCUT2D eigenvalue weighted by atomic mass is 9.83. The molecule has 0 aromatic heterocycles. The summed E-state index contributed by atoms with van der Waals surface area (Å²) in [6.45, 7) is 2.69. The maximum Gasteiger partial charge on any atom is 0.191 e. The van der Waals surface area contributed by atoms with Crippen molar-refractivity contribution in [3.63, 3.8) is 0 Å². The molecule has 2 fully saturated rings. The molecule has 2 aliphatic carbocycles. The highest BCUT2D eigenvalue weighted by atomic mass is 127. The summed E-state index contributed by atoms with van der Waals surface area (Å²) >= 11 is 0. The predicted octanol–water partition coefficient (Wildman–Crippen LogP) is 4.11. The van der Waals surface area contributed by atoms with Crippen molar-refractivity contribution in [2.75, 3.05) is 41.0 Å². The lowest BCUT2D eigenvalue weighted by Gasteiger charge is -2.30. The number of benzene rings is 1. The minimum atomic E-state index is 0. The van der Waals surface area contributed by atoms with Crippen LogP contribution in [-0.2, 0) is 10.2 Å². The highest BCUT2D eigenvalue weighted by Crippen LogP contribution is 2.50. The number of methoxy groups -OCH3 is 2. The number of guanidine groups is 1. The molecular formula is C22H36IN3O2. The summed E-state index contributed by atoms with van der Waals surface area (Å²) in [5.74, 6) is 1.89. The molecule has 6 heteroatoms. The second kappa shape index (κ2) is 10.7. The van der Waals surface area contributed by atoms with Crippen LogP contribution in [-0.4, -0.2) is 46.9 Å². The van der Waals surface area contributed by atoms with Gasteiger partial charge >= 0.3 is 0 Å². The smallest absolute Gasteiger partial charge is 0.191 e. The Kier molecular flexibility index (Phi) is 8.86. The first kappa shape index (κ1) is 23.3. The fourth-order valence-electron chi connectivity index (χ4n) is 4.48. The van der Waals surface area contributed by atoms with Crippen LogP contribution in [0, 0.1) is 5.41 Å². The normalized spacial score (nSPS) is 19.6. The highest BCUT2D eigenvalue weighted by molar-refractivity contribution is 14.0. The fraction of sp³-hybridized carbons (Fsp3) is 0.682. The van der Waals surface area contributed by atoms with Crippen LogP contribution in [0.3, 0.4) is 0 Å². The molecule has 2 aliphatic rings. The van der Waals surface area contributed by atoms with Gasteiger partial charge in [0.2, 0.25) is 0 Å². The lowest BCUT2D eigenvalue weighted by Crippen LogP contribution is -2.45. The van der Waals surface area contributed by atoms with Crippen LogP contribution in [0.1, 0.15) is 50.5 Å². The van der Waals surface area contributed by atoms with E-state index in [-0.39, 0.29) is 29.4 Å². The monoisotopic (exact) mass is 501 g/mol. The summed E-state index contributed by atoms with van der Waals surface area (Å²) in [6.07, 6.45) is 8.72. The Balaban J connectivity index is 0.00000280. The Morgan fingerprint density at radius 1 is 1.04 bits per heavy atom. The van der Waals surface area contributed by atoms with Gasteiger partial charge < -0.3 is 20.1 Å². The van der Waals surface area contributed by atoms with Crippen molar-refractivity contribution in [1.29, 1.82) is 0 Å². The van der Waals surface area contributed by atoms with Gasteiger partial charge in [0.05, 0.1) is 7.11 Å². The van der Waals surface area contributed by atoms with E-state index in [4.69, 9.17) is 9.47 Å². The first-order valence-electron chi connectivity index (χ1n) is 10.2. The van der Waals surface area contributed by atoms with Crippen molar-refractivity contribution in [2.45, 2.75) is 50.4 Å². The minimum absolute atomic E-state index is 0. The van der Waals surface area contributed by atoms with Crippen molar-refractivity contribution in [2.24, 2.45) is 10.4 Å². The highest BCUT2D eigenvalue weighted by Gasteiger charge is 2.46. The third-order valence-corrected chi connectivity index (χ3v) is 6.48. The van der Waals surface area contributed by atoms with Crippen LogP contribution in [0.15, 0.2) is 29.3 Å². The predicted molar refractivity (Wildman–Crippen MR) is 126 cm³/mol. The van der Waals surface area contributed by atoms with E-state index in [1.54, 1.807) is 14.2 Å². The number of hydrogen-bond donors (Lipinski definition) is 2. The molecule has 158 valence electrons. The molecule has 5 nitrogen and oxygen atoms in total. The molecule has 0 spiro atoms. The van der Waals surface area contributed by atoms with Crippen molar-refractivity contribution in [3.05, 3.63) is 29.8 Å². The number of rotatable bonds is 9. The van der Waals surface area contributed by atoms with E-state index in [2.05, 4.69) is 33.8 Å². The van der Waals surface area contributed by atoms with E-state index in [1.807, 2.05) is 13.1 Å². The van der Waals surface area contributed by atoms with Gasteiger partial charge in [-0.3, -0.25) is 4.99 Å². The Hall–Kier alpha value is -1.02. The number of para-hydroxylation sites is 1. The Labute approximate surface area is 187 Å². The van der Waals surface area contributed by atoms with Crippen LogP contribution >= 0.6 is 24.0 Å².